The van der Waals surface area contributed by atoms with Crippen LogP contribution in [0.3, 0.4) is 0 Å². The smallest absolute Gasteiger partial charge is 0.410 e. The maximum atomic E-state index is 12.0. The summed E-state index contributed by atoms with van der Waals surface area (Å²) in [6.45, 7) is 7.89. The highest BCUT2D eigenvalue weighted by Gasteiger charge is 2.26. The predicted molar refractivity (Wildman–Crippen MR) is 86.1 cm³/mol. The number of nitrogens with one attached hydrogen (secondary N) is 1. The number of aromatic nitrogens is 2. The van der Waals surface area contributed by atoms with Crippen molar-refractivity contribution in [1.29, 1.82) is 0 Å². The Kier molecular flexibility index (Phi) is 5.45. The Morgan fingerprint density at radius 3 is 2.50 bits per heavy atom. The van der Waals surface area contributed by atoms with Crippen molar-refractivity contribution >= 4 is 23.6 Å². The Morgan fingerprint density at radius 1 is 1.36 bits per heavy atom. The first-order valence-electron chi connectivity index (χ1n) is 7.53. The number of hydrogen-bond donors (Lipinski definition) is 1. The lowest BCUT2D eigenvalue weighted by atomic mass is 9.97. The summed E-state index contributed by atoms with van der Waals surface area (Å²) in [5.74, 6) is 1.08. The number of likely N-dealkylation sites (tertiary alicyclic amines) is 1. The van der Waals surface area contributed by atoms with Crippen LogP contribution >= 0.6 is 11.6 Å². The summed E-state index contributed by atoms with van der Waals surface area (Å²) in [6, 6.07) is 0. The highest BCUT2D eigenvalue weighted by molar-refractivity contribution is 6.30. The van der Waals surface area contributed by atoms with Gasteiger partial charge < -0.3 is 15.0 Å². The number of anilines is 1. The zero-order chi connectivity index (χ0) is 16.2. The van der Waals surface area contributed by atoms with E-state index in [2.05, 4.69) is 15.3 Å². The van der Waals surface area contributed by atoms with Crippen LogP contribution in [-0.4, -0.2) is 46.2 Å². The van der Waals surface area contributed by atoms with Gasteiger partial charge in [0.05, 0.1) is 17.4 Å². The first kappa shape index (κ1) is 16.8. The monoisotopic (exact) mass is 326 g/mol. The van der Waals surface area contributed by atoms with E-state index in [0.29, 0.717) is 16.9 Å². The van der Waals surface area contributed by atoms with Crippen molar-refractivity contribution in [3.05, 3.63) is 17.4 Å². The molecule has 1 aromatic rings. The third-order valence-corrected chi connectivity index (χ3v) is 3.63. The van der Waals surface area contributed by atoms with Crippen LogP contribution in [0.4, 0.5) is 10.7 Å². The van der Waals surface area contributed by atoms with Gasteiger partial charge in [-0.05, 0) is 39.5 Å². The normalized spacial score (nSPS) is 16.5. The quantitative estimate of drug-likeness (QED) is 0.924. The average Bonchev–Trinajstić information content (AvgIpc) is 2.45. The zero-order valence-corrected chi connectivity index (χ0v) is 14.1. The molecule has 0 saturated carbocycles. The van der Waals surface area contributed by atoms with Gasteiger partial charge in [0.2, 0.25) is 5.95 Å². The van der Waals surface area contributed by atoms with Crippen LogP contribution in [0.1, 0.15) is 33.6 Å². The molecule has 7 heteroatoms. The van der Waals surface area contributed by atoms with Gasteiger partial charge in [-0.15, -0.1) is 0 Å². The van der Waals surface area contributed by atoms with Crippen molar-refractivity contribution in [2.45, 2.75) is 39.2 Å². The second-order valence-electron chi connectivity index (χ2n) is 6.52. The molecule has 0 atom stereocenters. The number of carbonyl (C=O) groups is 1. The highest BCUT2D eigenvalue weighted by atomic mass is 35.5. The molecule has 1 saturated heterocycles. The Hall–Kier alpha value is -1.56. The molecule has 6 nitrogen and oxygen atoms in total. The summed E-state index contributed by atoms with van der Waals surface area (Å²) in [4.78, 5) is 22.0. The first-order valence-corrected chi connectivity index (χ1v) is 7.90. The molecule has 1 amide bonds. The van der Waals surface area contributed by atoms with Crippen molar-refractivity contribution in [1.82, 2.24) is 14.9 Å². The van der Waals surface area contributed by atoms with Gasteiger partial charge in [-0.3, -0.25) is 0 Å². The third kappa shape index (κ3) is 5.33. The summed E-state index contributed by atoms with van der Waals surface area (Å²) >= 11 is 5.75. The van der Waals surface area contributed by atoms with Crippen molar-refractivity contribution in [3.63, 3.8) is 0 Å². The average molecular weight is 327 g/mol. The van der Waals surface area contributed by atoms with Gasteiger partial charge in [-0.25, -0.2) is 14.8 Å². The molecule has 122 valence electrons. The molecule has 2 heterocycles. The molecule has 1 N–H and O–H groups in total. The minimum atomic E-state index is -0.443. The van der Waals surface area contributed by atoms with E-state index in [1.807, 2.05) is 20.8 Å². The lowest BCUT2D eigenvalue weighted by Crippen LogP contribution is -2.42. The van der Waals surface area contributed by atoms with Crippen LogP contribution < -0.4 is 5.32 Å². The Labute approximate surface area is 136 Å². The number of rotatable bonds is 3. The van der Waals surface area contributed by atoms with E-state index in [1.54, 1.807) is 17.3 Å². The minimum absolute atomic E-state index is 0.222. The molecule has 0 bridgehead atoms. The van der Waals surface area contributed by atoms with Gasteiger partial charge >= 0.3 is 6.09 Å². The molecule has 2 rings (SSSR count). The van der Waals surface area contributed by atoms with E-state index < -0.39 is 5.60 Å². The number of amides is 1. The van der Waals surface area contributed by atoms with Gasteiger partial charge in [0.25, 0.3) is 0 Å². The topological polar surface area (TPSA) is 67.3 Å². The van der Waals surface area contributed by atoms with Crippen molar-refractivity contribution in [3.8, 4) is 0 Å². The molecule has 0 radical (unpaired) electrons. The second-order valence-corrected chi connectivity index (χ2v) is 6.95. The maximum Gasteiger partial charge on any atom is 0.410 e. The van der Waals surface area contributed by atoms with Gasteiger partial charge in [-0.1, -0.05) is 11.6 Å². The molecule has 22 heavy (non-hydrogen) atoms. The Balaban J connectivity index is 1.73. The first-order chi connectivity index (χ1) is 10.3. The fraction of sp³-hybridized carbons (Fsp3) is 0.667. The fourth-order valence-electron chi connectivity index (χ4n) is 2.29. The summed E-state index contributed by atoms with van der Waals surface area (Å²) in [5.41, 5.74) is -0.443. The molecular weight excluding hydrogens is 304 g/mol. The van der Waals surface area contributed by atoms with Gasteiger partial charge in [-0.2, -0.15) is 0 Å². The Bertz CT molecular complexity index is 493. The molecule has 0 aliphatic carbocycles. The number of piperidine rings is 1. The number of nitrogens with zero attached hydrogens (tertiary/aromatic N) is 3. The summed E-state index contributed by atoms with van der Waals surface area (Å²) < 4.78 is 5.39. The zero-order valence-electron chi connectivity index (χ0n) is 13.3. The second kappa shape index (κ2) is 7.13. The summed E-state index contributed by atoms with van der Waals surface area (Å²) in [6.07, 6.45) is 4.81. The van der Waals surface area contributed by atoms with Crippen molar-refractivity contribution in [2.75, 3.05) is 25.0 Å². The number of carbonyl (C=O) groups excluding carboxylic acids is 1. The largest absolute Gasteiger partial charge is 0.444 e. The molecular formula is C15H23ClN4O2. The van der Waals surface area contributed by atoms with Crippen molar-refractivity contribution in [2.24, 2.45) is 5.92 Å². The van der Waals surface area contributed by atoms with E-state index in [-0.39, 0.29) is 6.09 Å². The standard InChI is InChI=1S/C15H23ClN4O2/c1-15(2,3)22-14(21)20-6-4-11(5-7-20)8-17-13-18-9-12(16)10-19-13/h9-11H,4-8H2,1-3H3,(H,17,18,19). The lowest BCUT2D eigenvalue weighted by Gasteiger charge is -2.33. The molecule has 1 aromatic heterocycles. The molecule has 1 aliphatic rings. The summed E-state index contributed by atoms with van der Waals surface area (Å²) in [7, 11) is 0. The Morgan fingerprint density at radius 2 is 1.95 bits per heavy atom. The third-order valence-electron chi connectivity index (χ3n) is 3.44. The van der Waals surface area contributed by atoms with Crippen LogP contribution in [-0.2, 0) is 4.74 Å². The van der Waals surface area contributed by atoms with Crippen LogP contribution in [0.25, 0.3) is 0 Å². The van der Waals surface area contributed by atoms with Gasteiger partial charge in [0.15, 0.2) is 0 Å². The highest BCUT2D eigenvalue weighted by Crippen LogP contribution is 2.20. The van der Waals surface area contributed by atoms with E-state index in [4.69, 9.17) is 16.3 Å². The van der Waals surface area contributed by atoms with Crippen LogP contribution in [0.5, 0.6) is 0 Å². The van der Waals surface area contributed by atoms with E-state index in [0.717, 1.165) is 32.5 Å². The number of hydrogen-bond acceptors (Lipinski definition) is 5. The predicted octanol–water partition coefficient (Wildman–Crippen LogP) is 3.19. The number of halogens is 1. The van der Waals surface area contributed by atoms with Crippen molar-refractivity contribution < 1.29 is 9.53 Å². The minimum Gasteiger partial charge on any atom is -0.444 e. The SMILES string of the molecule is CC(C)(C)OC(=O)N1CCC(CNc2ncc(Cl)cn2)CC1. The molecule has 1 fully saturated rings. The van der Waals surface area contributed by atoms with Crippen LogP contribution in [0, 0.1) is 5.92 Å². The van der Waals surface area contributed by atoms with Gasteiger partial charge in [0, 0.05) is 19.6 Å². The molecule has 0 spiro atoms. The maximum absolute atomic E-state index is 12.0. The molecule has 0 unspecified atom stereocenters. The van der Waals surface area contributed by atoms with Gasteiger partial charge in [0.1, 0.15) is 5.60 Å². The van der Waals surface area contributed by atoms with E-state index in [1.165, 1.54) is 0 Å². The molecule has 1 aliphatic heterocycles. The van der Waals surface area contributed by atoms with Crippen LogP contribution in [0.2, 0.25) is 5.02 Å². The summed E-state index contributed by atoms with van der Waals surface area (Å²) in [5, 5.41) is 3.73. The lowest BCUT2D eigenvalue weighted by molar-refractivity contribution is 0.0188. The molecule has 0 aromatic carbocycles. The van der Waals surface area contributed by atoms with Crippen LogP contribution in [0.15, 0.2) is 12.4 Å². The fourth-order valence-corrected chi connectivity index (χ4v) is 2.38. The van der Waals surface area contributed by atoms with E-state index >= 15 is 0 Å². The number of ether oxygens (including phenoxy) is 1. The van der Waals surface area contributed by atoms with E-state index in [9.17, 15) is 4.79 Å².